The molecule has 0 fully saturated rings. The third kappa shape index (κ3) is 2.91. The van der Waals surface area contributed by atoms with E-state index in [9.17, 15) is 0 Å². The van der Waals surface area contributed by atoms with Crippen LogP contribution in [0.15, 0.2) is 42.5 Å². The molecule has 0 saturated heterocycles. The lowest BCUT2D eigenvalue weighted by Gasteiger charge is -2.06. The normalized spacial score (nSPS) is 11.2. The topological polar surface area (TPSA) is 29.9 Å². The minimum absolute atomic E-state index is 0.625. The van der Waals surface area contributed by atoms with Gasteiger partial charge in [-0.05, 0) is 30.8 Å². The van der Waals surface area contributed by atoms with Crippen molar-refractivity contribution >= 4 is 34.1 Å². The Labute approximate surface area is 133 Å². The van der Waals surface area contributed by atoms with Gasteiger partial charge in [-0.3, -0.25) is 4.68 Å². The Morgan fingerprint density at radius 1 is 1.14 bits per heavy atom. The summed E-state index contributed by atoms with van der Waals surface area (Å²) in [5.41, 5.74) is 3.15. The van der Waals surface area contributed by atoms with Gasteiger partial charge < -0.3 is 5.32 Å². The molecule has 0 spiro atoms. The minimum Gasteiger partial charge on any atom is -0.314 e. The summed E-state index contributed by atoms with van der Waals surface area (Å²) in [6.45, 7) is 1.36. The van der Waals surface area contributed by atoms with E-state index in [1.807, 2.05) is 36.0 Å². The summed E-state index contributed by atoms with van der Waals surface area (Å²) < 4.78 is 1.98. The highest BCUT2D eigenvalue weighted by Crippen LogP contribution is 2.24. The molecule has 0 aliphatic heterocycles. The largest absolute Gasteiger partial charge is 0.314 e. The minimum atomic E-state index is 0.625. The van der Waals surface area contributed by atoms with Crippen LogP contribution < -0.4 is 5.32 Å². The van der Waals surface area contributed by atoms with E-state index in [1.165, 1.54) is 0 Å². The second-order valence-electron chi connectivity index (χ2n) is 4.89. The van der Waals surface area contributed by atoms with Gasteiger partial charge in [0.05, 0.1) is 17.8 Å². The van der Waals surface area contributed by atoms with Crippen LogP contribution >= 0.6 is 23.2 Å². The SMILES string of the molecule is CNCc1nn(Cc2ccc(Cl)cc2Cl)c2ccccc12. The van der Waals surface area contributed by atoms with Crippen LogP contribution in [0.4, 0.5) is 0 Å². The van der Waals surface area contributed by atoms with Crippen molar-refractivity contribution in [1.29, 1.82) is 0 Å². The smallest absolute Gasteiger partial charge is 0.0841 e. The van der Waals surface area contributed by atoms with Gasteiger partial charge in [0.1, 0.15) is 0 Å². The molecule has 1 aromatic heterocycles. The average molecular weight is 320 g/mol. The van der Waals surface area contributed by atoms with E-state index in [0.717, 1.165) is 28.7 Å². The van der Waals surface area contributed by atoms with Gasteiger partial charge in [0.2, 0.25) is 0 Å². The van der Waals surface area contributed by atoms with Crippen LogP contribution in [0.3, 0.4) is 0 Å². The Morgan fingerprint density at radius 2 is 1.95 bits per heavy atom. The van der Waals surface area contributed by atoms with Gasteiger partial charge in [-0.2, -0.15) is 5.10 Å². The van der Waals surface area contributed by atoms with Crippen LogP contribution in [-0.4, -0.2) is 16.8 Å². The Balaban J connectivity index is 2.04. The van der Waals surface area contributed by atoms with E-state index >= 15 is 0 Å². The van der Waals surface area contributed by atoms with E-state index < -0.39 is 0 Å². The van der Waals surface area contributed by atoms with Crippen LogP contribution in [-0.2, 0) is 13.1 Å². The van der Waals surface area contributed by atoms with Crippen LogP contribution in [0.5, 0.6) is 0 Å². The number of nitrogens with one attached hydrogen (secondary N) is 1. The van der Waals surface area contributed by atoms with Crippen molar-refractivity contribution in [2.45, 2.75) is 13.1 Å². The number of nitrogens with zero attached hydrogens (tertiary/aromatic N) is 2. The van der Waals surface area contributed by atoms with Crippen molar-refractivity contribution in [3.8, 4) is 0 Å². The number of halogens is 2. The summed E-state index contributed by atoms with van der Waals surface area (Å²) in [5.74, 6) is 0. The monoisotopic (exact) mass is 319 g/mol. The van der Waals surface area contributed by atoms with Crippen molar-refractivity contribution in [1.82, 2.24) is 15.1 Å². The molecular weight excluding hydrogens is 305 g/mol. The zero-order chi connectivity index (χ0) is 14.8. The molecular formula is C16H15Cl2N3. The number of aromatic nitrogens is 2. The molecule has 0 saturated carbocycles. The van der Waals surface area contributed by atoms with Gasteiger partial charge >= 0.3 is 0 Å². The zero-order valence-electron chi connectivity index (χ0n) is 11.6. The molecule has 3 rings (SSSR count). The molecule has 5 heteroatoms. The lowest BCUT2D eigenvalue weighted by molar-refractivity contribution is 0.677. The summed E-state index contributed by atoms with van der Waals surface area (Å²) >= 11 is 12.2. The van der Waals surface area contributed by atoms with Crippen molar-refractivity contribution in [2.75, 3.05) is 7.05 Å². The number of para-hydroxylation sites is 1. The second-order valence-corrected chi connectivity index (χ2v) is 5.73. The van der Waals surface area contributed by atoms with Crippen LogP contribution in [0.2, 0.25) is 10.0 Å². The lowest BCUT2D eigenvalue weighted by Crippen LogP contribution is -2.08. The molecule has 0 bridgehead atoms. The predicted octanol–water partition coefficient (Wildman–Crippen LogP) is 4.11. The van der Waals surface area contributed by atoms with Gasteiger partial charge in [-0.1, -0.05) is 47.5 Å². The number of benzene rings is 2. The van der Waals surface area contributed by atoms with Gasteiger partial charge in [0.15, 0.2) is 0 Å². The first kappa shape index (κ1) is 14.4. The number of rotatable bonds is 4. The summed E-state index contributed by atoms with van der Waals surface area (Å²) in [5, 5.41) is 10.3. The molecule has 0 unspecified atom stereocenters. The highest BCUT2D eigenvalue weighted by Gasteiger charge is 2.11. The molecule has 3 nitrogen and oxygen atoms in total. The van der Waals surface area contributed by atoms with Gasteiger partial charge in [-0.15, -0.1) is 0 Å². The van der Waals surface area contributed by atoms with E-state index in [4.69, 9.17) is 28.3 Å². The Kier molecular flexibility index (Phi) is 4.15. The molecule has 0 aliphatic carbocycles. The molecule has 3 aromatic rings. The fourth-order valence-electron chi connectivity index (χ4n) is 2.43. The fraction of sp³-hybridized carbons (Fsp3) is 0.188. The molecule has 0 radical (unpaired) electrons. The Bertz CT molecular complexity index is 780. The third-order valence-corrected chi connectivity index (χ3v) is 4.00. The van der Waals surface area contributed by atoms with Crippen LogP contribution in [0.1, 0.15) is 11.3 Å². The first-order chi connectivity index (χ1) is 10.2. The summed E-state index contributed by atoms with van der Waals surface area (Å²) in [6.07, 6.45) is 0. The van der Waals surface area contributed by atoms with E-state index in [1.54, 1.807) is 6.07 Å². The highest BCUT2D eigenvalue weighted by atomic mass is 35.5. The maximum Gasteiger partial charge on any atom is 0.0841 e. The molecule has 0 atom stereocenters. The molecule has 1 heterocycles. The summed E-state index contributed by atoms with van der Waals surface area (Å²) in [6, 6.07) is 13.8. The first-order valence-corrected chi connectivity index (χ1v) is 7.47. The van der Waals surface area contributed by atoms with E-state index in [2.05, 4.69) is 17.4 Å². The molecule has 21 heavy (non-hydrogen) atoms. The van der Waals surface area contributed by atoms with Gasteiger partial charge in [0.25, 0.3) is 0 Å². The zero-order valence-corrected chi connectivity index (χ0v) is 13.1. The van der Waals surface area contributed by atoms with Crippen molar-refractivity contribution < 1.29 is 0 Å². The Morgan fingerprint density at radius 3 is 2.71 bits per heavy atom. The van der Waals surface area contributed by atoms with E-state index in [-0.39, 0.29) is 0 Å². The fourth-order valence-corrected chi connectivity index (χ4v) is 2.89. The van der Waals surface area contributed by atoms with Crippen LogP contribution in [0.25, 0.3) is 10.9 Å². The number of hydrogen-bond acceptors (Lipinski definition) is 2. The molecule has 2 aromatic carbocycles. The van der Waals surface area contributed by atoms with Gasteiger partial charge in [0, 0.05) is 22.0 Å². The maximum atomic E-state index is 6.26. The van der Waals surface area contributed by atoms with Gasteiger partial charge in [-0.25, -0.2) is 0 Å². The average Bonchev–Trinajstić information content (AvgIpc) is 2.81. The molecule has 1 N–H and O–H groups in total. The first-order valence-electron chi connectivity index (χ1n) is 6.72. The Hall–Kier alpha value is -1.55. The third-order valence-electron chi connectivity index (χ3n) is 3.41. The highest BCUT2D eigenvalue weighted by molar-refractivity contribution is 6.35. The van der Waals surface area contributed by atoms with E-state index in [0.29, 0.717) is 16.6 Å². The summed E-state index contributed by atoms with van der Waals surface area (Å²) in [7, 11) is 1.92. The van der Waals surface area contributed by atoms with Crippen LogP contribution in [0, 0.1) is 0 Å². The molecule has 0 aliphatic rings. The van der Waals surface area contributed by atoms with Crippen molar-refractivity contribution in [3.05, 3.63) is 63.8 Å². The summed E-state index contributed by atoms with van der Waals surface area (Å²) in [4.78, 5) is 0. The standard InChI is InChI=1S/C16H15Cl2N3/c1-19-9-15-13-4-2-3-5-16(13)21(20-15)10-11-6-7-12(17)8-14(11)18/h2-8,19H,9-10H2,1H3. The second kappa shape index (κ2) is 6.06. The van der Waals surface area contributed by atoms with Crippen molar-refractivity contribution in [3.63, 3.8) is 0 Å². The maximum absolute atomic E-state index is 6.26. The predicted molar refractivity (Wildman–Crippen MR) is 88.1 cm³/mol. The molecule has 0 amide bonds. The lowest BCUT2D eigenvalue weighted by atomic mass is 10.2. The van der Waals surface area contributed by atoms with Crippen molar-refractivity contribution in [2.24, 2.45) is 0 Å². The number of hydrogen-bond donors (Lipinski definition) is 1. The number of fused-ring (bicyclic) bond motifs is 1. The quantitative estimate of drug-likeness (QED) is 0.784. The molecule has 108 valence electrons.